The number of hydrogen-bond donors (Lipinski definition) is 1. The fourth-order valence-electron chi connectivity index (χ4n) is 5.32. The molecule has 1 saturated heterocycles. The third kappa shape index (κ3) is 5.05. The van der Waals surface area contributed by atoms with Crippen molar-refractivity contribution >= 4 is 26.9 Å². The van der Waals surface area contributed by atoms with Crippen LogP contribution in [0.5, 0.6) is 5.75 Å². The van der Waals surface area contributed by atoms with Gasteiger partial charge in [0.25, 0.3) is 10.0 Å². The van der Waals surface area contributed by atoms with Crippen LogP contribution in [0.4, 0.5) is 0 Å². The normalized spacial score (nSPS) is 16.4. The monoisotopic (exact) mass is 547 g/mol. The summed E-state index contributed by atoms with van der Waals surface area (Å²) in [7, 11) is -0.767. The summed E-state index contributed by atoms with van der Waals surface area (Å²) in [5.74, 6) is 0.362. The van der Waals surface area contributed by atoms with Crippen LogP contribution in [-0.2, 0) is 21.3 Å². The number of piperazine rings is 1. The summed E-state index contributed by atoms with van der Waals surface area (Å²) < 4.78 is 39.3. The van der Waals surface area contributed by atoms with Gasteiger partial charge in [0.1, 0.15) is 5.75 Å². The Morgan fingerprint density at radius 1 is 1.03 bits per heavy atom. The molecule has 1 aliphatic heterocycles. The number of aryl methyl sites for hydroxylation is 2. The summed E-state index contributed by atoms with van der Waals surface area (Å²) >= 11 is 0. The molecule has 2 heterocycles. The van der Waals surface area contributed by atoms with Crippen LogP contribution in [-0.4, -0.2) is 57.1 Å². The minimum atomic E-state index is -3.78. The molecular weight excluding hydrogens is 514 g/mol. The highest BCUT2D eigenvalue weighted by Crippen LogP contribution is 2.36. The zero-order valence-electron chi connectivity index (χ0n) is 22.6. The lowest BCUT2D eigenvalue weighted by Gasteiger charge is -2.37. The van der Waals surface area contributed by atoms with Crippen molar-refractivity contribution < 1.29 is 22.7 Å². The van der Waals surface area contributed by atoms with E-state index in [9.17, 15) is 13.2 Å². The van der Waals surface area contributed by atoms with Crippen molar-refractivity contribution in [3.05, 3.63) is 94.7 Å². The van der Waals surface area contributed by atoms with Crippen LogP contribution >= 0.6 is 0 Å². The van der Waals surface area contributed by atoms with Gasteiger partial charge in [-0.25, -0.2) is 17.2 Å². The summed E-state index contributed by atoms with van der Waals surface area (Å²) in [5, 5.41) is 4.32. The maximum absolute atomic E-state index is 13.6. The van der Waals surface area contributed by atoms with E-state index in [-0.39, 0.29) is 16.9 Å². The Morgan fingerprint density at radius 2 is 1.74 bits per heavy atom. The lowest BCUT2D eigenvalue weighted by Crippen LogP contribution is -2.45. The van der Waals surface area contributed by atoms with E-state index in [2.05, 4.69) is 10.2 Å². The Labute approximate surface area is 229 Å². The summed E-state index contributed by atoms with van der Waals surface area (Å²) in [5.41, 5.74) is 5.00. The van der Waals surface area contributed by atoms with Gasteiger partial charge in [0, 0.05) is 49.4 Å². The van der Waals surface area contributed by atoms with E-state index >= 15 is 0 Å². The topological polar surface area (TPSA) is 89.9 Å². The first-order chi connectivity index (χ1) is 18.7. The van der Waals surface area contributed by atoms with Crippen molar-refractivity contribution in [1.82, 2.24) is 14.2 Å². The maximum Gasteiger partial charge on any atom is 0.337 e. The number of ether oxygens (including phenoxy) is 2. The molecule has 1 N–H and O–H groups in total. The van der Waals surface area contributed by atoms with E-state index in [1.807, 2.05) is 50.2 Å². The number of rotatable bonds is 7. The molecule has 204 valence electrons. The molecule has 0 spiro atoms. The van der Waals surface area contributed by atoms with Crippen molar-refractivity contribution in [3.8, 4) is 5.75 Å². The van der Waals surface area contributed by atoms with Crippen molar-refractivity contribution in [1.29, 1.82) is 0 Å². The lowest BCUT2D eigenvalue weighted by atomic mass is 9.99. The molecule has 1 aliphatic rings. The summed E-state index contributed by atoms with van der Waals surface area (Å²) in [4.78, 5) is 14.5. The van der Waals surface area contributed by atoms with E-state index in [0.717, 1.165) is 53.0 Å². The molecule has 8 nitrogen and oxygen atoms in total. The molecule has 1 atom stereocenters. The maximum atomic E-state index is 13.6. The Balaban J connectivity index is 1.55. The van der Waals surface area contributed by atoms with Gasteiger partial charge in [-0.2, -0.15) is 0 Å². The van der Waals surface area contributed by atoms with E-state index in [0.29, 0.717) is 17.6 Å². The second-order valence-corrected chi connectivity index (χ2v) is 11.7. The molecule has 39 heavy (non-hydrogen) atoms. The second kappa shape index (κ2) is 10.8. The highest BCUT2D eigenvalue weighted by molar-refractivity contribution is 7.90. The molecule has 9 heteroatoms. The zero-order valence-corrected chi connectivity index (χ0v) is 23.4. The van der Waals surface area contributed by atoms with E-state index in [4.69, 9.17) is 9.47 Å². The highest BCUT2D eigenvalue weighted by Gasteiger charge is 2.28. The van der Waals surface area contributed by atoms with Gasteiger partial charge < -0.3 is 14.8 Å². The number of esters is 1. The number of methoxy groups -OCH3 is 2. The molecule has 5 rings (SSSR count). The highest BCUT2D eigenvalue weighted by atomic mass is 32.2. The SMILES string of the molecule is COC(=O)c1ccc([C@@H]2CNCCN2Cc2c(OC)cc(C)c3c2ccn3S(=O)(=O)c2ccc(C)cc2)cc1. The second-order valence-electron chi connectivity index (χ2n) is 9.87. The van der Waals surface area contributed by atoms with Gasteiger partial charge in [-0.1, -0.05) is 29.8 Å². The molecule has 4 aromatic rings. The summed E-state index contributed by atoms with van der Waals surface area (Å²) in [6, 6.07) is 18.3. The quantitative estimate of drug-likeness (QED) is 0.342. The summed E-state index contributed by atoms with van der Waals surface area (Å²) in [6.07, 6.45) is 1.64. The van der Waals surface area contributed by atoms with Crippen LogP contribution in [0, 0.1) is 13.8 Å². The number of aromatic nitrogens is 1. The van der Waals surface area contributed by atoms with E-state index < -0.39 is 10.0 Å². The number of fused-ring (bicyclic) bond motifs is 1. The minimum absolute atomic E-state index is 0.0601. The van der Waals surface area contributed by atoms with Crippen molar-refractivity contribution in [2.45, 2.75) is 31.3 Å². The molecule has 0 aliphatic carbocycles. The molecule has 3 aromatic carbocycles. The third-order valence-corrected chi connectivity index (χ3v) is 9.12. The standard InChI is InChI=1S/C30H33N3O5S/c1-20-5-11-24(12-6-20)39(35,36)33-15-13-25-26(28(37-3)17-21(2)29(25)33)19-32-16-14-31-18-27(32)22-7-9-23(10-8-22)30(34)38-4/h5-13,15,17,27,31H,14,16,18-19H2,1-4H3/t27-/m0/s1. The predicted octanol–water partition coefficient (Wildman–Crippen LogP) is 4.44. The van der Waals surface area contributed by atoms with Crippen LogP contribution in [0.1, 0.15) is 38.7 Å². The Bertz CT molecular complexity index is 1610. The van der Waals surface area contributed by atoms with Gasteiger partial charge >= 0.3 is 5.97 Å². The first-order valence-corrected chi connectivity index (χ1v) is 14.3. The molecular formula is C30H33N3O5S. The average molecular weight is 548 g/mol. The number of hydrogen-bond acceptors (Lipinski definition) is 7. The smallest absolute Gasteiger partial charge is 0.337 e. The van der Waals surface area contributed by atoms with Crippen molar-refractivity contribution in [2.75, 3.05) is 33.9 Å². The average Bonchev–Trinajstić information content (AvgIpc) is 3.42. The number of nitrogens with one attached hydrogen (secondary N) is 1. The van der Waals surface area contributed by atoms with Crippen LogP contribution in [0.2, 0.25) is 0 Å². The van der Waals surface area contributed by atoms with Crippen LogP contribution in [0.15, 0.2) is 71.8 Å². The van der Waals surface area contributed by atoms with Gasteiger partial charge in [-0.3, -0.25) is 4.90 Å². The number of benzene rings is 3. The number of nitrogens with zero attached hydrogens (tertiary/aromatic N) is 2. The fraction of sp³-hybridized carbons (Fsp3) is 0.300. The Kier molecular flexibility index (Phi) is 7.48. The predicted molar refractivity (Wildman–Crippen MR) is 151 cm³/mol. The Hall–Kier alpha value is -3.66. The zero-order chi connectivity index (χ0) is 27.7. The molecule has 0 saturated carbocycles. The first kappa shape index (κ1) is 26.9. The molecule has 1 fully saturated rings. The fourth-order valence-corrected chi connectivity index (χ4v) is 6.74. The van der Waals surface area contributed by atoms with Crippen LogP contribution < -0.4 is 10.1 Å². The van der Waals surface area contributed by atoms with Crippen LogP contribution in [0.25, 0.3) is 10.9 Å². The van der Waals surface area contributed by atoms with Crippen molar-refractivity contribution in [3.63, 3.8) is 0 Å². The summed E-state index contributed by atoms with van der Waals surface area (Å²) in [6.45, 7) is 6.78. The molecule has 0 amide bonds. The number of carbonyl (C=O) groups is 1. The third-order valence-electron chi connectivity index (χ3n) is 7.43. The van der Waals surface area contributed by atoms with Gasteiger partial charge in [0.15, 0.2) is 0 Å². The lowest BCUT2D eigenvalue weighted by molar-refractivity contribution is 0.0600. The molecule has 0 radical (unpaired) electrons. The van der Waals surface area contributed by atoms with Crippen molar-refractivity contribution in [2.24, 2.45) is 0 Å². The molecule has 0 unspecified atom stereocenters. The van der Waals surface area contributed by atoms with E-state index in [1.54, 1.807) is 37.6 Å². The van der Waals surface area contributed by atoms with Crippen LogP contribution in [0.3, 0.4) is 0 Å². The van der Waals surface area contributed by atoms with Gasteiger partial charge in [0.05, 0.1) is 30.2 Å². The van der Waals surface area contributed by atoms with Gasteiger partial charge in [-0.15, -0.1) is 0 Å². The Morgan fingerprint density at radius 3 is 2.41 bits per heavy atom. The van der Waals surface area contributed by atoms with Gasteiger partial charge in [-0.05, 0) is 61.4 Å². The minimum Gasteiger partial charge on any atom is -0.496 e. The molecule has 1 aromatic heterocycles. The molecule has 0 bridgehead atoms. The number of carbonyl (C=O) groups excluding carboxylic acids is 1. The van der Waals surface area contributed by atoms with Gasteiger partial charge in [0.2, 0.25) is 0 Å². The largest absolute Gasteiger partial charge is 0.496 e. The first-order valence-electron chi connectivity index (χ1n) is 12.9. The van der Waals surface area contributed by atoms with E-state index in [1.165, 1.54) is 11.1 Å².